The van der Waals surface area contributed by atoms with Crippen molar-refractivity contribution < 1.29 is 9.59 Å². The van der Waals surface area contributed by atoms with Crippen molar-refractivity contribution >= 4 is 34.4 Å². The molecule has 1 rings (SSSR count). The molecule has 112 valence electrons. The highest BCUT2D eigenvalue weighted by Crippen LogP contribution is 2.23. The zero-order chi connectivity index (χ0) is 15.3. The van der Waals surface area contributed by atoms with Crippen molar-refractivity contribution in [3.05, 3.63) is 16.4 Å². The zero-order valence-electron chi connectivity index (χ0n) is 11.9. The van der Waals surface area contributed by atoms with Crippen LogP contribution >= 0.6 is 23.2 Å². The molecule has 1 aromatic heterocycles. The Morgan fingerprint density at radius 1 is 1.40 bits per heavy atom. The molecule has 20 heavy (non-hydrogen) atoms. The number of halogens is 2. The number of aryl methyl sites for hydroxylation is 1. The Labute approximate surface area is 128 Å². The summed E-state index contributed by atoms with van der Waals surface area (Å²) in [7, 11) is 0. The number of aromatic nitrogens is 2. The Morgan fingerprint density at radius 2 is 2.05 bits per heavy atom. The van der Waals surface area contributed by atoms with Gasteiger partial charge >= 0.3 is 0 Å². The van der Waals surface area contributed by atoms with E-state index in [1.165, 1.54) is 0 Å². The molecule has 1 amide bonds. The molecular weight excluding hydrogens is 301 g/mol. The van der Waals surface area contributed by atoms with Crippen LogP contribution in [0.15, 0.2) is 0 Å². The number of rotatable bonds is 7. The highest BCUT2D eigenvalue weighted by molar-refractivity contribution is 6.63. The molecular formula is C13H19Cl2N3O2. The van der Waals surface area contributed by atoms with Gasteiger partial charge in [0.1, 0.15) is 6.04 Å². The summed E-state index contributed by atoms with van der Waals surface area (Å²) in [5.41, 5.74) is 1.49. The molecule has 7 heteroatoms. The lowest BCUT2D eigenvalue weighted by molar-refractivity contribution is -0.125. The first-order valence-corrected chi connectivity index (χ1v) is 7.31. The highest BCUT2D eigenvalue weighted by Gasteiger charge is 2.22. The molecule has 0 saturated carbocycles. The van der Waals surface area contributed by atoms with E-state index in [-0.39, 0.29) is 12.3 Å². The molecule has 5 nitrogen and oxygen atoms in total. The van der Waals surface area contributed by atoms with Crippen molar-refractivity contribution in [3.63, 3.8) is 0 Å². The van der Waals surface area contributed by atoms with E-state index in [0.29, 0.717) is 30.1 Å². The fourth-order valence-electron chi connectivity index (χ4n) is 1.97. The molecule has 1 N–H and O–H groups in total. The lowest BCUT2D eigenvalue weighted by Crippen LogP contribution is -2.34. The quantitative estimate of drug-likeness (QED) is 0.621. The second-order valence-corrected chi connectivity index (χ2v) is 5.40. The molecule has 0 aromatic carbocycles. The van der Waals surface area contributed by atoms with E-state index in [2.05, 4.69) is 10.4 Å². The molecule has 1 heterocycles. The topological polar surface area (TPSA) is 64.0 Å². The lowest BCUT2D eigenvalue weighted by Gasteiger charge is -2.17. The van der Waals surface area contributed by atoms with Crippen LogP contribution in [0.1, 0.15) is 43.6 Å². The summed E-state index contributed by atoms with van der Waals surface area (Å²) >= 11 is 11.3. The maximum absolute atomic E-state index is 12.2. The first kappa shape index (κ1) is 17.0. The maximum Gasteiger partial charge on any atom is 0.244 e. The number of hydrogen-bond donors (Lipinski definition) is 1. The van der Waals surface area contributed by atoms with Crippen LogP contribution in [0.2, 0.25) is 5.02 Å². The smallest absolute Gasteiger partial charge is 0.244 e. The summed E-state index contributed by atoms with van der Waals surface area (Å²) < 4.78 is 1.65. The van der Waals surface area contributed by atoms with Crippen LogP contribution in [0.25, 0.3) is 0 Å². The van der Waals surface area contributed by atoms with Crippen molar-refractivity contribution in [2.24, 2.45) is 0 Å². The lowest BCUT2D eigenvalue weighted by atomic mass is 10.2. The van der Waals surface area contributed by atoms with E-state index in [1.54, 1.807) is 4.68 Å². The monoisotopic (exact) mass is 319 g/mol. The second-order valence-electron chi connectivity index (χ2n) is 4.60. The van der Waals surface area contributed by atoms with Gasteiger partial charge in [-0.3, -0.25) is 14.3 Å². The summed E-state index contributed by atoms with van der Waals surface area (Å²) in [5.74, 6) is -0.128. The fourth-order valence-corrected chi connectivity index (χ4v) is 2.23. The summed E-state index contributed by atoms with van der Waals surface area (Å²) in [4.78, 5) is 22.8. The van der Waals surface area contributed by atoms with E-state index in [4.69, 9.17) is 23.2 Å². The van der Waals surface area contributed by atoms with Crippen LogP contribution in [0.4, 0.5) is 0 Å². The first-order chi connectivity index (χ1) is 9.38. The molecule has 0 saturated heterocycles. The standard InChI is InChI=1S/C13H19Cl2N3O2/c1-4-10(13(20)16-7-5-6-11(14)19)18-9(3)12(15)8(2)17-18/h10H,4-7H2,1-3H3,(H,16,20). The third-order valence-electron chi connectivity index (χ3n) is 3.07. The first-order valence-electron chi connectivity index (χ1n) is 6.55. The molecule has 0 fully saturated rings. The van der Waals surface area contributed by atoms with Crippen LogP contribution in [0, 0.1) is 13.8 Å². The third kappa shape index (κ3) is 4.21. The molecule has 0 radical (unpaired) electrons. The second kappa shape index (κ2) is 7.64. The molecule has 0 bridgehead atoms. The van der Waals surface area contributed by atoms with Crippen LogP contribution in [-0.4, -0.2) is 27.5 Å². The largest absolute Gasteiger partial charge is 0.354 e. The Kier molecular flexibility index (Phi) is 6.49. The minimum absolute atomic E-state index is 0.128. The number of amides is 1. The zero-order valence-corrected chi connectivity index (χ0v) is 13.4. The van der Waals surface area contributed by atoms with Crippen molar-refractivity contribution in [1.82, 2.24) is 15.1 Å². The Morgan fingerprint density at radius 3 is 2.50 bits per heavy atom. The van der Waals surface area contributed by atoms with Gasteiger partial charge in [0.2, 0.25) is 11.1 Å². The minimum Gasteiger partial charge on any atom is -0.354 e. The van der Waals surface area contributed by atoms with Gasteiger partial charge in [-0.2, -0.15) is 5.10 Å². The Hall–Kier alpha value is -1.07. The molecule has 0 aliphatic heterocycles. The van der Waals surface area contributed by atoms with Gasteiger partial charge < -0.3 is 5.32 Å². The van der Waals surface area contributed by atoms with Crippen molar-refractivity contribution in [2.75, 3.05) is 6.54 Å². The average Bonchev–Trinajstić information content (AvgIpc) is 2.63. The Balaban J connectivity index is 2.68. The number of hydrogen-bond acceptors (Lipinski definition) is 3. The molecule has 1 atom stereocenters. The van der Waals surface area contributed by atoms with Gasteiger partial charge in [0, 0.05) is 13.0 Å². The van der Waals surface area contributed by atoms with E-state index in [9.17, 15) is 9.59 Å². The van der Waals surface area contributed by atoms with Gasteiger partial charge in [-0.25, -0.2) is 0 Å². The van der Waals surface area contributed by atoms with Gasteiger partial charge in [-0.05, 0) is 38.3 Å². The van der Waals surface area contributed by atoms with E-state index >= 15 is 0 Å². The van der Waals surface area contributed by atoms with Crippen LogP contribution < -0.4 is 5.32 Å². The van der Waals surface area contributed by atoms with E-state index < -0.39 is 11.3 Å². The highest BCUT2D eigenvalue weighted by atomic mass is 35.5. The number of carbonyl (C=O) groups excluding carboxylic acids is 2. The number of carbonyl (C=O) groups is 2. The molecule has 1 aromatic rings. The van der Waals surface area contributed by atoms with Crippen molar-refractivity contribution in [2.45, 2.75) is 46.1 Å². The fraction of sp³-hybridized carbons (Fsp3) is 0.615. The predicted molar refractivity (Wildman–Crippen MR) is 79.1 cm³/mol. The van der Waals surface area contributed by atoms with Crippen molar-refractivity contribution in [1.29, 1.82) is 0 Å². The molecule has 0 spiro atoms. The van der Waals surface area contributed by atoms with Gasteiger partial charge in [0.15, 0.2) is 0 Å². The number of nitrogens with zero attached hydrogens (tertiary/aromatic N) is 2. The molecule has 1 unspecified atom stereocenters. The molecule has 0 aliphatic rings. The predicted octanol–water partition coefficient (Wildman–Crippen LogP) is 2.77. The Bertz CT molecular complexity index is 500. The van der Waals surface area contributed by atoms with Gasteiger partial charge in [-0.1, -0.05) is 18.5 Å². The molecule has 0 aliphatic carbocycles. The van der Waals surface area contributed by atoms with Crippen LogP contribution in [0.3, 0.4) is 0 Å². The maximum atomic E-state index is 12.2. The van der Waals surface area contributed by atoms with E-state index in [1.807, 2.05) is 20.8 Å². The average molecular weight is 320 g/mol. The summed E-state index contributed by atoms with van der Waals surface area (Å²) in [6, 6.07) is -0.395. The van der Waals surface area contributed by atoms with Crippen LogP contribution in [-0.2, 0) is 9.59 Å². The van der Waals surface area contributed by atoms with Gasteiger partial charge in [-0.15, -0.1) is 0 Å². The summed E-state index contributed by atoms with van der Waals surface area (Å²) in [6.45, 7) is 5.98. The van der Waals surface area contributed by atoms with E-state index in [0.717, 1.165) is 5.69 Å². The number of nitrogens with one attached hydrogen (secondary N) is 1. The minimum atomic E-state index is -0.395. The van der Waals surface area contributed by atoms with Gasteiger partial charge in [0.25, 0.3) is 0 Å². The summed E-state index contributed by atoms with van der Waals surface area (Å²) in [5, 5.41) is 7.29. The SMILES string of the molecule is CCC(C(=O)NCCCC(=O)Cl)n1nc(C)c(Cl)c1C. The van der Waals surface area contributed by atoms with Crippen molar-refractivity contribution in [3.8, 4) is 0 Å². The third-order valence-corrected chi connectivity index (χ3v) is 3.81. The summed E-state index contributed by atoms with van der Waals surface area (Å²) in [6.07, 6.45) is 1.39. The normalized spacial score (nSPS) is 12.2. The van der Waals surface area contributed by atoms with Crippen LogP contribution in [0.5, 0.6) is 0 Å². The van der Waals surface area contributed by atoms with Gasteiger partial charge in [0.05, 0.1) is 16.4 Å².